The maximum Gasteiger partial charge on any atom is 0.249 e. The van der Waals surface area contributed by atoms with Gasteiger partial charge in [-0.05, 0) is 96.3 Å². The normalized spacial score (nSPS) is 14.0. The number of hydrogen-bond donors (Lipinski definition) is 5. The molecule has 4 unspecified atom stereocenters. The molecule has 72 heavy (non-hydrogen) atoms. The van der Waals surface area contributed by atoms with Crippen molar-refractivity contribution in [3.8, 4) is 0 Å². The van der Waals surface area contributed by atoms with Gasteiger partial charge in [-0.2, -0.15) is 0 Å². The first-order valence-electron chi connectivity index (χ1n) is 31.7. The highest BCUT2D eigenvalue weighted by Crippen LogP contribution is 2.17. The molecule has 0 saturated carbocycles. The van der Waals surface area contributed by atoms with E-state index >= 15 is 0 Å². The molecule has 0 fully saturated rings. The molecule has 0 saturated heterocycles. The fourth-order valence-corrected chi connectivity index (χ4v) is 9.71. The van der Waals surface area contributed by atoms with Crippen LogP contribution in [0.25, 0.3) is 0 Å². The number of nitrogens with one attached hydrogen (secondary N) is 1. The lowest BCUT2D eigenvalue weighted by Gasteiger charge is -2.27. The number of hydrogen-bond acceptors (Lipinski definition) is 5. The van der Waals surface area contributed by atoms with Crippen molar-refractivity contribution in [2.24, 2.45) is 0 Å². The van der Waals surface area contributed by atoms with Crippen LogP contribution in [0.4, 0.5) is 0 Å². The van der Waals surface area contributed by atoms with Crippen LogP contribution in [0, 0.1) is 0 Å². The van der Waals surface area contributed by atoms with Crippen LogP contribution in [0.3, 0.4) is 0 Å². The van der Waals surface area contributed by atoms with Crippen LogP contribution in [-0.4, -0.2) is 57.3 Å². The standard InChI is InChI=1S/C66H123NO5/c1-3-5-7-9-11-13-15-17-19-21-23-25-27-29-31-33-35-37-39-41-43-45-47-49-51-53-55-57-59-63(69)65(71)62(61-68)67-66(72)64(70)60-58-56-54-52-50-48-46-44-42-40-38-36-34-32-30-28-26-24-22-20-18-16-14-12-10-8-6-4-2/h24,26,30,32,35,37,43,45,51,53,62-65,68-71H,3-23,25,27-29,31,33-34,36,38-42,44,46-50,52,54-61H2,1-2H3,(H,67,72)/b26-24-,32-30-,37-35+,45-43+,53-51+. The average Bonchev–Trinajstić information content (AvgIpc) is 3.39. The van der Waals surface area contributed by atoms with E-state index in [1.165, 1.54) is 231 Å². The van der Waals surface area contributed by atoms with Gasteiger partial charge in [-0.1, -0.05) is 286 Å². The molecule has 0 aromatic heterocycles. The molecule has 0 spiro atoms. The maximum absolute atomic E-state index is 12.6. The highest BCUT2D eigenvalue weighted by Gasteiger charge is 2.28. The van der Waals surface area contributed by atoms with E-state index in [0.717, 1.165) is 57.8 Å². The highest BCUT2D eigenvalue weighted by atomic mass is 16.3. The Morgan fingerprint density at radius 2 is 0.625 bits per heavy atom. The number of carbonyl (C=O) groups is 1. The zero-order valence-corrected chi connectivity index (χ0v) is 47.9. The first-order valence-corrected chi connectivity index (χ1v) is 31.7. The van der Waals surface area contributed by atoms with Crippen molar-refractivity contribution in [1.29, 1.82) is 0 Å². The molecule has 0 aliphatic carbocycles. The topological polar surface area (TPSA) is 110 Å². The summed E-state index contributed by atoms with van der Waals surface area (Å²) >= 11 is 0. The van der Waals surface area contributed by atoms with Gasteiger partial charge < -0.3 is 25.7 Å². The minimum Gasteiger partial charge on any atom is -0.394 e. The monoisotopic (exact) mass is 1010 g/mol. The van der Waals surface area contributed by atoms with Gasteiger partial charge in [-0.25, -0.2) is 0 Å². The van der Waals surface area contributed by atoms with E-state index in [4.69, 9.17) is 0 Å². The molecule has 6 heteroatoms. The van der Waals surface area contributed by atoms with Crippen molar-refractivity contribution < 1.29 is 25.2 Å². The number of amides is 1. The van der Waals surface area contributed by atoms with Crippen LogP contribution in [0.1, 0.15) is 322 Å². The van der Waals surface area contributed by atoms with Gasteiger partial charge in [-0.15, -0.1) is 0 Å². The van der Waals surface area contributed by atoms with Crippen LogP contribution in [0.15, 0.2) is 60.8 Å². The van der Waals surface area contributed by atoms with E-state index in [-0.39, 0.29) is 0 Å². The Balaban J connectivity index is 3.68. The van der Waals surface area contributed by atoms with Crippen molar-refractivity contribution in [3.63, 3.8) is 0 Å². The summed E-state index contributed by atoms with van der Waals surface area (Å²) in [6.45, 7) is 4.07. The van der Waals surface area contributed by atoms with Crippen LogP contribution in [0.2, 0.25) is 0 Å². The molecule has 1 amide bonds. The van der Waals surface area contributed by atoms with E-state index in [1.54, 1.807) is 0 Å². The molecule has 422 valence electrons. The smallest absolute Gasteiger partial charge is 0.249 e. The number of allylic oxidation sites excluding steroid dienone is 10. The zero-order chi connectivity index (χ0) is 52.3. The predicted molar refractivity (Wildman–Crippen MR) is 316 cm³/mol. The molecule has 0 bridgehead atoms. The largest absolute Gasteiger partial charge is 0.394 e. The maximum atomic E-state index is 12.6. The van der Waals surface area contributed by atoms with Gasteiger partial charge in [0.05, 0.1) is 18.8 Å². The second kappa shape index (κ2) is 59.9. The molecule has 0 aliphatic rings. The van der Waals surface area contributed by atoms with E-state index in [2.05, 4.69) is 79.9 Å². The van der Waals surface area contributed by atoms with Crippen molar-refractivity contribution in [2.75, 3.05) is 6.61 Å². The molecule has 0 rings (SSSR count). The summed E-state index contributed by atoms with van der Waals surface area (Å²) in [6.07, 6.45) is 78.8. The SMILES string of the molecule is CCCCCCCCCCC/C=C\C/C=C\CCCCCCCCCCCCCCC(O)C(=O)NC(CO)C(O)C(O)CCC/C=C/CC/C=C/CC/C=C/CCCCCCCCCCCCCCCCC. The van der Waals surface area contributed by atoms with Crippen LogP contribution in [0.5, 0.6) is 0 Å². The molecule has 0 heterocycles. The van der Waals surface area contributed by atoms with Crippen LogP contribution < -0.4 is 5.32 Å². The number of aliphatic hydroxyl groups excluding tert-OH is 4. The highest BCUT2D eigenvalue weighted by molar-refractivity contribution is 5.80. The molecule has 0 radical (unpaired) electrons. The van der Waals surface area contributed by atoms with Crippen LogP contribution in [-0.2, 0) is 4.79 Å². The summed E-state index contributed by atoms with van der Waals surface area (Å²) in [5.41, 5.74) is 0. The molecule has 4 atom stereocenters. The quantitative estimate of drug-likeness (QED) is 0.0308. The average molecular weight is 1010 g/mol. The molecular weight excluding hydrogens is 887 g/mol. The summed E-state index contributed by atoms with van der Waals surface area (Å²) in [4.78, 5) is 12.6. The first kappa shape index (κ1) is 70.0. The molecule has 0 aromatic rings. The summed E-state index contributed by atoms with van der Waals surface area (Å²) in [7, 11) is 0. The Kier molecular flexibility index (Phi) is 58.2. The third kappa shape index (κ3) is 52.9. The van der Waals surface area contributed by atoms with Crippen molar-refractivity contribution in [1.82, 2.24) is 5.32 Å². The second-order valence-electron chi connectivity index (χ2n) is 21.7. The molecule has 0 aliphatic heterocycles. The minimum absolute atomic E-state index is 0.355. The van der Waals surface area contributed by atoms with Crippen LogP contribution >= 0.6 is 0 Å². The number of unbranched alkanes of at least 4 members (excludes halogenated alkanes) is 39. The van der Waals surface area contributed by atoms with Gasteiger partial charge in [0, 0.05) is 0 Å². The number of carbonyl (C=O) groups excluding carboxylic acids is 1. The van der Waals surface area contributed by atoms with Gasteiger partial charge in [0.15, 0.2) is 0 Å². The van der Waals surface area contributed by atoms with E-state index in [0.29, 0.717) is 19.3 Å². The number of rotatable bonds is 58. The Labute approximate surface area is 448 Å². The molecule has 5 N–H and O–H groups in total. The second-order valence-corrected chi connectivity index (χ2v) is 21.7. The summed E-state index contributed by atoms with van der Waals surface area (Å²) in [5, 5.41) is 44.1. The Hall–Kier alpha value is -1.99. The van der Waals surface area contributed by atoms with Gasteiger partial charge in [0.2, 0.25) is 5.91 Å². The third-order valence-corrected chi connectivity index (χ3v) is 14.7. The third-order valence-electron chi connectivity index (χ3n) is 14.7. The lowest BCUT2D eigenvalue weighted by Crippen LogP contribution is -2.53. The first-order chi connectivity index (χ1) is 35.5. The summed E-state index contributed by atoms with van der Waals surface area (Å²) in [5.74, 6) is -0.599. The zero-order valence-electron chi connectivity index (χ0n) is 47.9. The minimum atomic E-state index is -1.30. The lowest BCUT2D eigenvalue weighted by molar-refractivity contribution is -0.132. The van der Waals surface area contributed by atoms with E-state index in [1.807, 2.05) is 0 Å². The fourth-order valence-electron chi connectivity index (χ4n) is 9.71. The van der Waals surface area contributed by atoms with Gasteiger partial charge in [-0.3, -0.25) is 4.79 Å². The summed E-state index contributed by atoms with van der Waals surface area (Å²) in [6, 6.07) is -1.02. The van der Waals surface area contributed by atoms with Crippen molar-refractivity contribution >= 4 is 5.91 Å². The molecule has 0 aromatic carbocycles. The molecule has 6 nitrogen and oxygen atoms in total. The van der Waals surface area contributed by atoms with E-state index < -0.39 is 36.9 Å². The molecular formula is C66H123NO5. The Morgan fingerprint density at radius 3 is 0.958 bits per heavy atom. The van der Waals surface area contributed by atoms with E-state index in [9.17, 15) is 25.2 Å². The van der Waals surface area contributed by atoms with Crippen molar-refractivity contribution in [3.05, 3.63) is 60.8 Å². The lowest BCUT2D eigenvalue weighted by atomic mass is 10.00. The van der Waals surface area contributed by atoms with Gasteiger partial charge in [0.25, 0.3) is 0 Å². The Bertz CT molecular complexity index is 1230. The van der Waals surface area contributed by atoms with Gasteiger partial charge in [0.1, 0.15) is 12.2 Å². The summed E-state index contributed by atoms with van der Waals surface area (Å²) < 4.78 is 0. The van der Waals surface area contributed by atoms with Gasteiger partial charge >= 0.3 is 0 Å². The fraction of sp³-hybridized carbons (Fsp3) is 0.833. The Morgan fingerprint density at radius 1 is 0.347 bits per heavy atom. The number of aliphatic hydroxyl groups is 4. The predicted octanol–water partition coefficient (Wildman–Crippen LogP) is 19.1. The van der Waals surface area contributed by atoms with Crippen molar-refractivity contribution in [2.45, 2.75) is 346 Å².